The van der Waals surface area contributed by atoms with Gasteiger partial charge in [-0.3, -0.25) is 0 Å². The summed E-state index contributed by atoms with van der Waals surface area (Å²) in [6.07, 6.45) is 1.32. The highest BCUT2D eigenvalue weighted by Crippen LogP contribution is 2.17. The number of carboxylic acid groups (broad SMARTS) is 1. The van der Waals surface area contributed by atoms with Gasteiger partial charge in [0.1, 0.15) is 5.75 Å². The zero-order valence-corrected chi connectivity index (χ0v) is 10.3. The minimum absolute atomic E-state index is 0.207. The fraction of sp³-hybridized carbons (Fsp3) is 0. The molecule has 0 bridgehead atoms. The fourth-order valence-corrected chi connectivity index (χ4v) is 1.52. The number of aromatic carboxylic acids is 1. The molecule has 0 aliphatic heterocycles. The first-order valence-corrected chi connectivity index (χ1v) is 5.62. The first-order chi connectivity index (χ1) is 9.08. The number of aromatic nitrogens is 1. The molecule has 0 aliphatic carbocycles. The number of rotatable bonds is 3. The van der Waals surface area contributed by atoms with Crippen LogP contribution in [-0.2, 0) is 0 Å². The lowest BCUT2D eigenvalue weighted by atomic mass is 10.2. The Hall–Kier alpha value is -2.40. The van der Waals surface area contributed by atoms with E-state index in [2.05, 4.69) is 4.98 Å². The standard InChI is InChI=1S/C13H8ClNO4/c14-8-3-5-9(6-4-8)19-13(18)11-10(12(16)17)2-1-7-15-11/h1-7H,(H,16,17). The van der Waals surface area contributed by atoms with Crippen LogP contribution in [0.15, 0.2) is 42.6 Å². The van der Waals surface area contributed by atoms with Crippen molar-refractivity contribution in [1.82, 2.24) is 4.98 Å². The van der Waals surface area contributed by atoms with E-state index in [0.29, 0.717) is 5.02 Å². The van der Waals surface area contributed by atoms with E-state index in [4.69, 9.17) is 21.4 Å². The third-order valence-electron chi connectivity index (χ3n) is 2.26. The molecule has 1 N–H and O–H groups in total. The largest absolute Gasteiger partial charge is 0.478 e. The molecule has 0 spiro atoms. The van der Waals surface area contributed by atoms with E-state index >= 15 is 0 Å². The highest BCUT2D eigenvalue weighted by Gasteiger charge is 2.19. The van der Waals surface area contributed by atoms with Gasteiger partial charge in [0, 0.05) is 11.2 Å². The van der Waals surface area contributed by atoms with Crippen LogP contribution in [0.1, 0.15) is 20.8 Å². The third kappa shape index (κ3) is 3.08. The second-order valence-corrected chi connectivity index (χ2v) is 3.98. The average Bonchev–Trinajstić information content (AvgIpc) is 2.41. The van der Waals surface area contributed by atoms with Gasteiger partial charge < -0.3 is 9.84 Å². The monoisotopic (exact) mass is 277 g/mol. The van der Waals surface area contributed by atoms with E-state index in [1.54, 1.807) is 12.1 Å². The summed E-state index contributed by atoms with van der Waals surface area (Å²) in [5.74, 6) is -1.81. The van der Waals surface area contributed by atoms with Gasteiger partial charge in [0.15, 0.2) is 5.69 Å². The van der Waals surface area contributed by atoms with E-state index < -0.39 is 11.9 Å². The molecule has 1 aromatic heterocycles. The smallest absolute Gasteiger partial charge is 0.363 e. The number of ether oxygens (including phenoxy) is 1. The van der Waals surface area contributed by atoms with Crippen LogP contribution in [-0.4, -0.2) is 22.0 Å². The van der Waals surface area contributed by atoms with Crippen molar-refractivity contribution in [2.45, 2.75) is 0 Å². The zero-order chi connectivity index (χ0) is 13.8. The molecule has 0 fully saturated rings. The van der Waals surface area contributed by atoms with Crippen LogP contribution in [0.3, 0.4) is 0 Å². The highest BCUT2D eigenvalue weighted by molar-refractivity contribution is 6.30. The number of hydrogen-bond donors (Lipinski definition) is 1. The quantitative estimate of drug-likeness (QED) is 0.689. The maximum atomic E-state index is 11.8. The van der Waals surface area contributed by atoms with Gasteiger partial charge in [-0.1, -0.05) is 11.6 Å². The molecule has 0 atom stereocenters. The number of benzene rings is 1. The lowest BCUT2D eigenvalue weighted by Crippen LogP contribution is -2.15. The molecular weight excluding hydrogens is 270 g/mol. The van der Waals surface area contributed by atoms with Crippen LogP contribution in [0.5, 0.6) is 5.75 Å². The molecule has 6 heteroatoms. The van der Waals surface area contributed by atoms with Crippen molar-refractivity contribution in [3.8, 4) is 5.75 Å². The maximum Gasteiger partial charge on any atom is 0.363 e. The molecule has 1 heterocycles. The summed E-state index contributed by atoms with van der Waals surface area (Å²) in [7, 11) is 0. The highest BCUT2D eigenvalue weighted by atomic mass is 35.5. The molecule has 0 saturated carbocycles. The van der Waals surface area contributed by atoms with E-state index in [0.717, 1.165) is 0 Å². The summed E-state index contributed by atoms with van der Waals surface area (Å²) >= 11 is 5.70. The van der Waals surface area contributed by atoms with Crippen molar-refractivity contribution < 1.29 is 19.4 Å². The van der Waals surface area contributed by atoms with Gasteiger partial charge >= 0.3 is 11.9 Å². The number of carbonyl (C=O) groups excluding carboxylic acids is 1. The van der Waals surface area contributed by atoms with E-state index in [1.165, 1.54) is 30.5 Å². The number of esters is 1. The van der Waals surface area contributed by atoms with Crippen molar-refractivity contribution in [2.24, 2.45) is 0 Å². The van der Waals surface area contributed by atoms with Gasteiger partial charge in [0.25, 0.3) is 0 Å². The van der Waals surface area contributed by atoms with E-state index in [1.807, 2.05) is 0 Å². The van der Waals surface area contributed by atoms with Crippen LogP contribution in [0, 0.1) is 0 Å². The second kappa shape index (κ2) is 5.49. The van der Waals surface area contributed by atoms with Gasteiger partial charge in [-0.15, -0.1) is 0 Å². The molecule has 2 rings (SSSR count). The molecular formula is C13H8ClNO4. The first-order valence-electron chi connectivity index (χ1n) is 5.24. The molecule has 0 radical (unpaired) electrons. The van der Waals surface area contributed by atoms with Crippen LogP contribution >= 0.6 is 11.6 Å². The first kappa shape index (κ1) is 13.0. The summed E-state index contributed by atoms with van der Waals surface area (Å²) < 4.78 is 5.02. The maximum absolute atomic E-state index is 11.8. The Morgan fingerprint density at radius 1 is 1.16 bits per heavy atom. The number of carbonyl (C=O) groups is 2. The zero-order valence-electron chi connectivity index (χ0n) is 9.54. The summed E-state index contributed by atoms with van der Waals surface area (Å²) in [5, 5.41) is 9.46. The Kier molecular flexibility index (Phi) is 3.77. The molecule has 1 aromatic carbocycles. The molecule has 5 nitrogen and oxygen atoms in total. The lowest BCUT2D eigenvalue weighted by molar-refractivity contribution is 0.0664. The molecule has 2 aromatic rings. The minimum atomic E-state index is -1.24. The van der Waals surface area contributed by atoms with Crippen LogP contribution < -0.4 is 4.74 Å². The van der Waals surface area contributed by atoms with Crippen molar-refractivity contribution >= 4 is 23.5 Å². The van der Waals surface area contributed by atoms with Crippen molar-refractivity contribution in [3.63, 3.8) is 0 Å². The van der Waals surface area contributed by atoms with Crippen LogP contribution in [0.2, 0.25) is 5.02 Å². The fourth-order valence-electron chi connectivity index (χ4n) is 1.40. The second-order valence-electron chi connectivity index (χ2n) is 3.55. The number of hydrogen-bond acceptors (Lipinski definition) is 4. The molecule has 0 amide bonds. The predicted molar refractivity (Wildman–Crippen MR) is 67.6 cm³/mol. The lowest BCUT2D eigenvalue weighted by Gasteiger charge is -2.05. The normalized spacial score (nSPS) is 9.95. The minimum Gasteiger partial charge on any atom is -0.478 e. The van der Waals surface area contributed by atoms with Gasteiger partial charge in [-0.2, -0.15) is 0 Å². The van der Waals surface area contributed by atoms with Gasteiger partial charge in [-0.05, 0) is 36.4 Å². The molecule has 0 unspecified atom stereocenters. The molecule has 0 saturated heterocycles. The number of carboxylic acids is 1. The Labute approximate surface area is 113 Å². The van der Waals surface area contributed by atoms with Crippen molar-refractivity contribution in [2.75, 3.05) is 0 Å². The SMILES string of the molecule is O=C(O)c1cccnc1C(=O)Oc1ccc(Cl)cc1. The summed E-state index contributed by atoms with van der Waals surface area (Å²) in [4.78, 5) is 26.5. The average molecular weight is 278 g/mol. The summed E-state index contributed by atoms with van der Waals surface area (Å²) in [6.45, 7) is 0. The van der Waals surface area contributed by atoms with Crippen LogP contribution in [0.25, 0.3) is 0 Å². The predicted octanol–water partition coefficient (Wildman–Crippen LogP) is 2.65. The van der Waals surface area contributed by atoms with Crippen molar-refractivity contribution in [3.05, 3.63) is 58.9 Å². The van der Waals surface area contributed by atoms with Gasteiger partial charge in [-0.25, -0.2) is 14.6 Å². The Bertz CT molecular complexity index is 625. The Morgan fingerprint density at radius 2 is 1.84 bits per heavy atom. The molecule has 96 valence electrons. The van der Waals surface area contributed by atoms with Crippen LogP contribution in [0.4, 0.5) is 0 Å². The van der Waals surface area contributed by atoms with E-state index in [-0.39, 0.29) is 17.0 Å². The topological polar surface area (TPSA) is 76.5 Å². The van der Waals surface area contributed by atoms with Crippen molar-refractivity contribution in [1.29, 1.82) is 0 Å². The number of pyridine rings is 1. The molecule has 19 heavy (non-hydrogen) atoms. The van der Waals surface area contributed by atoms with Gasteiger partial charge in [0.2, 0.25) is 0 Å². The summed E-state index contributed by atoms with van der Waals surface area (Å²) in [6, 6.07) is 8.84. The van der Waals surface area contributed by atoms with E-state index in [9.17, 15) is 9.59 Å². The summed E-state index contributed by atoms with van der Waals surface area (Å²) in [5.41, 5.74) is -0.452. The number of nitrogens with zero attached hydrogens (tertiary/aromatic N) is 1. The third-order valence-corrected chi connectivity index (χ3v) is 2.51. The Morgan fingerprint density at radius 3 is 2.47 bits per heavy atom. The molecule has 0 aliphatic rings. The number of halogens is 1. The van der Waals surface area contributed by atoms with Gasteiger partial charge in [0.05, 0.1) is 5.56 Å². The Balaban J connectivity index is 2.25.